The summed E-state index contributed by atoms with van der Waals surface area (Å²) in [7, 11) is 0. The van der Waals surface area contributed by atoms with E-state index in [1.165, 1.54) is 29.2 Å². The van der Waals surface area contributed by atoms with Gasteiger partial charge in [0.25, 0.3) is 5.91 Å². The average Bonchev–Trinajstić information content (AvgIpc) is 2.87. The summed E-state index contributed by atoms with van der Waals surface area (Å²) in [6, 6.07) is 7.91. The van der Waals surface area contributed by atoms with Crippen molar-refractivity contribution in [2.24, 2.45) is 0 Å². The van der Waals surface area contributed by atoms with Gasteiger partial charge in [0.1, 0.15) is 17.1 Å². The van der Waals surface area contributed by atoms with Crippen molar-refractivity contribution in [3.05, 3.63) is 65.7 Å². The first-order chi connectivity index (χ1) is 14.1. The third kappa shape index (κ3) is 2.71. The van der Waals surface area contributed by atoms with Crippen LogP contribution in [0.3, 0.4) is 0 Å². The van der Waals surface area contributed by atoms with Crippen molar-refractivity contribution >= 4 is 17.3 Å². The van der Waals surface area contributed by atoms with Crippen molar-refractivity contribution in [3.8, 4) is 11.8 Å². The van der Waals surface area contributed by atoms with Crippen LogP contribution in [0.4, 0.5) is 28.9 Å². The summed E-state index contributed by atoms with van der Waals surface area (Å²) in [6.45, 7) is 3.85. The number of amides is 1. The number of aromatic hydroxyl groups is 1. The molecule has 0 radical (unpaired) electrons. The van der Waals surface area contributed by atoms with Gasteiger partial charge in [-0.05, 0) is 49.6 Å². The second-order valence-corrected chi connectivity index (χ2v) is 7.25. The van der Waals surface area contributed by atoms with Crippen LogP contribution in [0, 0.1) is 17.1 Å². The van der Waals surface area contributed by atoms with Gasteiger partial charge in [-0.3, -0.25) is 9.69 Å². The molecule has 1 aliphatic heterocycles. The number of halogens is 4. The zero-order valence-electron chi connectivity index (χ0n) is 15.5. The molecule has 2 aromatic rings. The Kier molecular flexibility index (Phi) is 4.27. The normalized spacial score (nSPS) is 18.0. The van der Waals surface area contributed by atoms with Crippen LogP contribution < -0.4 is 9.80 Å². The average molecular weight is 417 g/mol. The topological polar surface area (TPSA) is 67.6 Å². The highest BCUT2D eigenvalue weighted by Gasteiger charge is 2.59. The summed E-state index contributed by atoms with van der Waals surface area (Å²) < 4.78 is 54.8. The van der Waals surface area contributed by atoms with E-state index in [9.17, 15) is 27.5 Å². The molecular weight excluding hydrogens is 402 g/mol. The standard InChI is InChI=1S/C21H15F4N3O2/c1-12-27(14-4-3-13(11-26)16(9-14)21(23,24)25)19(30)20(7-2-8-20)28(12)18-6-5-15(29)10-17(18)22/h3-6,9-10,29H,1-2,7-8H2. The molecule has 1 saturated carbocycles. The fourth-order valence-corrected chi connectivity index (χ4v) is 4.03. The van der Waals surface area contributed by atoms with Crippen molar-refractivity contribution < 1.29 is 27.5 Å². The molecule has 5 nitrogen and oxygen atoms in total. The van der Waals surface area contributed by atoms with Crippen molar-refractivity contribution in [3.63, 3.8) is 0 Å². The molecule has 30 heavy (non-hydrogen) atoms. The highest BCUT2D eigenvalue weighted by Crippen LogP contribution is 2.51. The van der Waals surface area contributed by atoms with E-state index in [1.807, 2.05) is 0 Å². The lowest BCUT2D eigenvalue weighted by Gasteiger charge is -2.43. The smallest absolute Gasteiger partial charge is 0.417 e. The lowest BCUT2D eigenvalue weighted by molar-refractivity contribution is -0.137. The number of phenolic OH excluding ortho intramolecular Hbond substituents is 1. The van der Waals surface area contributed by atoms with Crippen LogP contribution in [0.1, 0.15) is 30.4 Å². The minimum absolute atomic E-state index is 0.00181. The molecule has 4 rings (SSSR count). The maximum atomic E-state index is 14.6. The molecule has 2 aromatic carbocycles. The second kappa shape index (κ2) is 6.49. The second-order valence-electron chi connectivity index (χ2n) is 7.25. The van der Waals surface area contributed by atoms with Crippen LogP contribution >= 0.6 is 0 Å². The van der Waals surface area contributed by atoms with Gasteiger partial charge in [0.15, 0.2) is 5.82 Å². The molecule has 0 aromatic heterocycles. The van der Waals surface area contributed by atoms with Gasteiger partial charge >= 0.3 is 6.18 Å². The summed E-state index contributed by atoms with van der Waals surface area (Å²) in [5.41, 5.74) is -2.99. The van der Waals surface area contributed by atoms with Crippen molar-refractivity contribution in [2.45, 2.75) is 31.0 Å². The van der Waals surface area contributed by atoms with Gasteiger partial charge in [0.05, 0.1) is 28.6 Å². The van der Waals surface area contributed by atoms with E-state index in [1.54, 1.807) is 0 Å². The largest absolute Gasteiger partial charge is 0.508 e. The number of carbonyl (C=O) groups excluding carboxylic acids is 1. The number of hydrogen-bond acceptors (Lipinski definition) is 4. The van der Waals surface area contributed by atoms with Gasteiger partial charge in [-0.25, -0.2) is 4.39 Å². The van der Waals surface area contributed by atoms with Crippen LogP contribution in [-0.4, -0.2) is 16.6 Å². The summed E-state index contributed by atoms with van der Waals surface area (Å²) in [5.74, 6) is -1.59. The molecule has 9 heteroatoms. The Morgan fingerprint density at radius 1 is 1.17 bits per heavy atom. The Balaban J connectivity index is 1.84. The lowest BCUT2D eigenvalue weighted by Crippen LogP contribution is -2.54. The third-order valence-electron chi connectivity index (χ3n) is 5.59. The van der Waals surface area contributed by atoms with E-state index in [0.717, 1.165) is 23.1 Å². The van der Waals surface area contributed by atoms with Crippen molar-refractivity contribution in [1.29, 1.82) is 5.26 Å². The van der Waals surface area contributed by atoms with E-state index in [-0.39, 0.29) is 22.9 Å². The Bertz CT molecular complexity index is 1120. The van der Waals surface area contributed by atoms with Gasteiger partial charge in [0, 0.05) is 6.07 Å². The highest BCUT2D eigenvalue weighted by atomic mass is 19.4. The number of rotatable bonds is 2. The predicted octanol–water partition coefficient (Wildman–Crippen LogP) is 4.67. The molecule has 1 heterocycles. The van der Waals surface area contributed by atoms with Gasteiger partial charge in [-0.1, -0.05) is 6.58 Å². The first-order valence-corrected chi connectivity index (χ1v) is 9.04. The first-order valence-electron chi connectivity index (χ1n) is 9.04. The molecule has 1 N–H and O–H groups in total. The predicted molar refractivity (Wildman–Crippen MR) is 99.9 cm³/mol. The summed E-state index contributed by atoms with van der Waals surface area (Å²) in [5, 5.41) is 18.5. The Morgan fingerprint density at radius 2 is 1.87 bits per heavy atom. The molecule has 1 aliphatic carbocycles. The summed E-state index contributed by atoms with van der Waals surface area (Å²) in [6.07, 6.45) is -3.35. The molecule has 2 aliphatic rings. The fraction of sp³-hybridized carbons (Fsp3) is 0.238. The van der Waals surface area contributed by atoms with Crippen LogP contribution in [-0.2, 0) is 11.0 Å². The number of hydrogen-bond donors (Lipinski definition) is 1. The minimum Gasteiger partial charge on any atom is -0.508 e. The van der Waals surface area contributed by atoms with E-state index >= 15 is 0 Å². The van der Waals surface area contributed by atoms with Gasteiger partial charge in [-0.15, -0.1) is 0 Å². The summed E-state index contributed by atoms with van der Waals surface area (Å²) >= 11 is 0. The number of carbonyl (C=O) groups is 1. The molecule has 0 unspecified atom stereocenters. The monoisotopic (exact) mass is 417 g/mol. The van der Waals surface area contributed by atoms with Crippen LogP contribution in [0.2, 0.25) is 0 Å². The molecule has 2 fully saturated rings. The van der Waals surface area contributed by atoms with E-state index < -0.39 is 34.6 Å². The number of anilines is 2. The first kappa shape index (κ1) is 19.8. The SMILES string of the molecule is C=C1N(c2ccc(C#N)c(C(F)(F)F)c2)C(=O)C2(CCC2)N1c1ccc(O)cc1F. The van der Waals surface area contributed by atoms with Crippen LogP contribution in [0.15, 0.2) is 48.8 Å². The number of phenols is 1. The van der Waals surface area contributed by atoms with Crippen LogP contribution in [0.5, 0.6) is 5.75 Å². The Hall–Kier alpha value is -3.54. The number of benzene rings is 2. The molecule has 1 saturated heterocycles. The van der Waals surface area contributed by atoms with Crippen molar-refractivity contribution in [1.82, 2.24) is 0 Å². The maximum absolute atomic E-state index is 14.6. The van der Waals surface area contributed by atoms with Gasteiger partial charge in [-0.2, -0.15) is 18.4 Å². The highest BCUT2D eigenvalue weighted by molar-refractivity contribution is 6.11. The third-order valence-corrected chi connectivity index (χ3v) is 5.59. The minimum atomic E-state index is -4.79. The fourth-order valence-electron chi connectivity index (χ4n) is 4.03. The molecule has 1 spiro atoms. The van der Waals surface area contributed by atoms with E-state index in [2.05, 4.69) is 6.58 Å². The van der Waals surface area contributed by atoms with Gasteiger partial charge in [0.2, 0.25) is 0 Å². The quantitative estimate of drug-likeness (QED) is 0.722. The molecular formula is C21H15F4N3O2. The number of nitriles is 1. The van der Waals surface area contributed by atoms with Crippen LogP contribution in [0.25, 0.3) is 0 Å². The maximum Gasteiger partial charge on any atom is 0.417 e. The van der Waals surface area contributed by atoms with E-state index in [0.29, 0.717) is 19.3 Å². The Labute approximate surface area is 169 Å². The zero-order chi connectivity index (χ0) is 21.8. The molecule has 154 valence electrons. The van der Waals surface area contributed by atoms with Gasteiger partial charge < -0.3 is 10.0 Å². The molecule has 0 atom stereocenters. The van der Waals surface area contributed by atoms with E-state index in [4.69, 9.17) is 5.26 Å². The van der Waals surface area contributed by atoms with Crippen molar-refractivity contribution in [2.75, 3.05) is 9.80 Å². The Morgan fingerprint density at radius 3 is 2.40 bits per heavy atom. The molecule has 0 bridgehead atoms. The molecule has 1 amide bonds. The zero-order valence-corrected chi connectivity index (χ0v) is 15.5. The lowest BCUT2D eigenvalue weighted by atomic mass is 9.75. The summed E-state index contributed by atoms with van der Waals surface area (Å²) in [4.78, 5) is 15.7. The number of nitrogens with zero attached hydrogens (tertiary/aromatic N) is 3. The number of alkyl halides is 3.